The molecule has 0 bridgehead atoms. The molecular weight excluding hydrogens is 791 g/mol. The minimum atomic E-state index is -2.78. The van der Waals surface area contributed by atoms with Gasteiger partial charge in [0.05, 0.1) is 38.8 Å². The van der Waals surface area contributed by atoms with E-state index in [1.807, 2.05) is 0 Å². The van der Waals surface area contributed by atoms with Crippen LogP contribution in [0.4, 0.5) is 0 Å². The van der Waals surface area contributed by atoms with Crippen molar-refractivity contribution < 1.29 is 0 Å². The Kier molecular flexibility index (Phi) is 8.23. The minimum Gasteiger partial charge on any atom is -0.309 e. The Morgan fingerprint density at radius 2 is 0.625 bits per heavy atom. The van der Waals surface area contributed by atoms with Crippen molar-refractivity contribution in [2.24, 2.45) is 0 Å². The third-order valence-corrected chi connectivity index (χ3v) is 18.3. The quantitative estimate of drug-likeness (QED) is 0.112. The molecule has 300 valence electrons. The monoisotopic (exact) mass is 831 g/mol. The van der Waals surface area contributed by atoms with Gasteiger partial charge in [-0.2, -0.15) is 0 Å². The van der Waals surface area contributed by atoms with Gasteiger partial charge in [0, 0.05) is 43.7 Å². The lowest BCUT2D eigenvalue weighted by atomic mass is 10.1. The number of para-hydroxylation sites is 5. The van der Waals surface area contributed by atoms with Gasteiger partial charge in [0.15, 0.2) is 8.07 Å². The molecule has 0 saturated carbocycles. The third-order valence-electron chi connectivity index (χ3n) is 13.6. The van der Waals surface area contributed by atoms with E-state index in [0.29, 0.717) is 0 Å². The van der Waals surface area contributed by atoms with Crippen molar-refractivity contribution in [3.63, 3.8) is 0 Å². The van der Waals surface area contributed by atoms with Crippen LogP contribution in [-0.4, -0.2) is 21.8 Å². The number of hydrogen-bond donors (Lipinski definition) is 0. The first-order valence-electron chi connectivity index (χ1n) is 22.1. The second-order valence-electron chi connectivity index (χ2n) is 16.9. The standard InChI is InChI=1S/C60H41N3Si/c1-5-21-42(22-6-1)62-55-34-18-16-32-51(55)53-39-43(40-59(60(53)62)63-56-35-19-13-29-48(56)49-30-14-20-36-57(49)63)61-54-33-17-15-31-50(54)52-41-47(37-38-58(52)61)64(44-23-7-2-8-24-44,45-25-9-3-10-26-45)46-27-11-4-12-28-46/h1-41H. The fourth-order valence-corrected chi connectivity index (χ4v) is 15.7. The van der Waals surface area contributed by atoms with Crippen molar-refractivity contribution in [3.8, 4) is 17.1 Å². The van der Waals surface area contributed by atoms with Gasteiger partial charge in [0.2, 0.25) is 0 Å². The molecule has 3 aromatic heterocycles. The first-order chi connectivity index (χ1) is 31.8. The molecular formula is C60H41N3Si. The van der Waals surface area contributed by atoms with Crippen LogP contribution in [0.15, 0.2) is 249 Å². The molecule has 4 heteroatoms. The predicted octanol–water partition coefficient (Wildman–Crippen LogP) is 12.4. The molecule has 10 aromatic carbocycles. The van der Waals surface area contributed by atoms with Crippen LogP contribution in [0, 0.1) is 0 Å². The molecule has 0 aliphatic heterocycles. The third kappa shape index (κ3) is 5.27. The van der Waals surface area contributed by atoms with Gasteiger partial charge in [0.25, 0.3) is 0 Å². The lowest BCUT2D eigenvalue weighted by molar-refractivity contribution is 1.11. The van der Waals surface area contributed by atoms with E-state index in [-0.39, 0.29) is 0 Å². The summed E-state index contributed by atoms with van der Waals surface area (Å²) in [5, 5.41) is 12.9. The molecule has 0 aliphatic rings. The van der Waals surface area contributed by atoms with E-state index in [2.05, 4.69) is 262 Å². The predicted molar refractivity (Wildman–Crippen MR) is 273 cm³/mol. The zero-order valence-electron chi connectivity index (χ0n) is 35.0. The van der Waals surface area contributed by atoms with Gasteiger partial charge in [-0.3, -0.25) is 0 Å². The Balaban J connectivity index is 1.16. The molecule has 0 N–H and O–H groups in total. The van der Waals surface area contributed by atoms with Crippen LogP contribution in [0.5, 0.6) is 0 Å². The summed E-state index contributed by atoms with van der Waals surface area (Å²) in [4.78, 5) is 0. The number of aromatic nitrogens is 3. The van der Waals surface area contributed by atoms with Crippen LogP contribution in [0.3, 0.4) is 0 Å². The number of hydrogen-bond acceptors (Lipinski definition) is 0. The number of nitrogens with zero attached hydrogens (tertiary/aromatic N) is 3. The van der Waals surface area contributed by atoms with Crippen molar-refractivity contribution in [3.05, 3.63) is 249 Å². The molecule has 3 nitrogen and oxygen atoms in total. The van der Waals surface area contributed by atoms with E-state index >= 15 is 0 Å². The van der Waals surface area contributed by atoms with Crippen LogP contribution in [0.1, 0.15) is 0 Å². The van der Waals surface area contributed by atoms with E-state index in [4.69, 9.17) is 0 Å². The Hall–Kier alpha value is -8.18. The van der Waals surface area contributed by atoms with Crippen molar-refractivity contribution in [1.29, 1.82) is 0 Å². The fourth-order valence-electron chi connectivity index (χ4n) is 10.9. The largest absolute Gasteiger partial charge is 0.309 e. The summed E-state index contributed by atoms with van der Waals surface area (Å²) in [6, 6.07) is 92.3. The Labute approximate surface area is 372 Å². The fraction of sp³-hybridized carbons (Fsp3) is 0. The highest BCUT2D eigenvalue weighted by Gasteiger charge is 2.41. The summed E-state index contributed by atoms with van der Waals surface area (Å²) < 4.78 is 7.48. The molecule has 3 heterocycles. The van der Waals surface area contributed by atoms with Gasteiger partial charge in [0.1, 0.15) is 0 Å². The Morgan fingerprint density at radius 3 is 1.14 bits per heavy atom. The first-order valence-corrected chi connectivity index (χ1v) is 24.1. The van der Waals surface area contributed by atoms with Crippen molar-refractivity contribution in [2.75, 3.05) is 0 Å². The molecule has 13 aromatic rings. The molecule has 0 unspecified atom stereocenters. The molecule has 64 heavy (non-hydrogen) atoms. The maximum atomic E-state index is 2.53. The van der Waals surface area contributed by atoms with Crippen LogP contribution >= 0.6 is 0 Å². The van der Waals surface area contributed by atoms with Gasteiger partial charge < -0.3 is 13.7 Å². The molecule has 0 atom stereocenters. The summed E-state index contributed by atoms with van der Waals surface area (Å²) in [6.07, 6.45) is 0. The normalized spacial score (nSPS) is 12.1. The lowest BCUT2D eigenvalue weighted by Crippen LogP contribution is -2.74. The summed E-state index contributed by atoms with van der Waals surface area (Å²) >= 11 is 0. The minimum absolute atomic E-state index is 1.12. The van der Waals surface area contributed by atoms with E-state index in [1.165, 1.54) is 86.2 Å². The number of benzene rings is 10. The average Bonchev–Trinajstić information content (AvgIpc) is 4.01. The smallest absolute Gasteiger partial charge is 0.179 e. The van der Waals surface area contributed by atoms with Crippen LogP contribution in [-0.2, 0) is 0 Å². The summed E-state index contributed by atoms with van der Waals surface area (Å²) in [7, 11) is -2.78. The van der Waals surface area contributed by atoms with Gasteiger partial charge in [-0.15, -0.1) is 0 Å². The van der Waals surface area contributed by atoms with Crippen LogP contribution < -0.4 is 20.7 Å². The second kappa shape index (κ2) is 14.5. The Bertz CT molecular complexity index is 3730. The molecule has 0 amide bonds. The second-order valence-corrected chi connectivity index (χ2v) is 20.7. The van der Waals surface area contributed by atoms with Crippen LogP contribution in [0.2, 0.25) is 0 Å². The lowest BCUT2D eigenvalue weighted by Gasteiger charge is -2.34. The van der Waals surface area contributed by atoms with Gasteiger partial charge in [-0.25, -0.2) is 0 Å². The zero-order valence-corrected chi connectivity index (χ0v) is 36.0. The van der Waals surface area contributed by atoms with Crippen molar-refractivity contribution >= 4 is 94.2 Å². The molecule has 0 spiro atoms. The van der Waals surface area contributed by atoms with Crippen molar-refractivity contribution in [2.45, 2.75) is 0 Å². The highest BCUT2D eigenvalue weighted by molar-refractivity contribution is 7.20. The van der Waals surface area contributed by atoms with E-state index in [1.54, 1.807) is 0 Å². The highest BCUT2D eigenvalue weighted by Crippen LogP contribution is 2.42. The van der Waals surface area contributed by atoms with Crippen LogP contribution in [0.25, 0.3) is 82.5 Å². The van der Waals surface area contributed by atoms with Gasteiger partial charge in [-0.1, -0.05) is 194 Å². The van der Waals surface area contributed by atoms with Crippen molar-refractivity contribution in [1.82, 2.24) is 13.7 Å². The highest BCUT2D eigenvalue weighted by atomic mass is 28.3. The summed E-state index contributed by atoms with van der Waals surface area (Å²) in [5.74, 6) is 0. The summed E-state index contributed by atoms with van der Waals surface area (Å²) in [5.41, 5.74) is 10.5. The SMILES string of the molecule is c1ccc(-n2c3ccccc3c3cc(-n4c5ccccc5c5cc([Si](c6ccccc6)(c6ccccc6)c6ccccc6)ccc54)cc(-n4c5ccccc5c5ccccc54)c32)cc1. The average molecular weight is 832 g/mol. The summed E-state index contributed by atoms with van der Waals surface area (Å²) in [6.45, 7) is 0. The molecule has 13 rings (SSSR count). The van der Waals surface area contributed by atoms with Gasteiger partial charge in [-0.05, 0) is 75.3 Å². The van der Waals surface area contributed by atoms with E-state index < -0.39 is 8.07 Å². The number of rotatable bonds is 7. The molecule has 0 saturated heterocycles. The van der Waals surface area contributed by atoms with E-state index in [9.17, 15) is 0 Å². The first kappa shape index (κ1) is 36.5. The zero-order chi connectivity index (χ0) is 42.2. The van der Waals surface area contributed by atoms with E-state index in [0.717, 1.165) is 17.1 Å². The molecule has 0 radical (unpaired) electrons. The topological polar surface area (TPSA) is 14.8 Å². The van der Waals surface area contributed by atoms with Gasteiger partial charge >= 0.3 is 0 Å². The molecule has 0 fully saturated rings. The number of fused-ring (bicyclic) bond motifs is 9. The maximum Gasteiger partial charge on any atom is 0.179 e. The maximum absolute atomic E-state index is 2.78. The Morgan fingerprint density at radius 1 is 0.234 bits per heavy atom. The molecule has 0 aliphatic carbocycles.